The van der Waals surface area contributed by atoms with Crippen molar-refractivity contribution in [2.24, 2.45) is 11.3 Å². The van der Waals surface area contributed by atoms with E-state index in [1.807, 2.05) is 13.8 Å². The first-order chi connectivity index (χ1) is 7.53. The highest BCUT2D eigenvalue weighted by molar-refractivity contribution is 6.04. The molecule has 0 spiro atoms. The van der Waals surface area contributed by atoms with Gasteiger partial charge in [0.2, 0.25) is 0 Å². The van der Waals surface area contributed by atoms with Crippen LogP contribution in [0.5, 0.6) is 0 Å². The lowest BCUT2D eigenvalue weighted by atomic mass is 9.78. The van der Waals surface area contributed by atoms with Crippen molar-refractivity contribution in [3.63, 3.8) is 0 Å². The van der Waals surface area contributed by atoms with Crippen LogP contribution in [0.2, 0.25) is 0 Å². The summed E-state index contributed by atoms with van der Waals surface area (Å²) in [6, 6.07) is 0. The summed E-state index contributed by atoms with van der Waals surface area (Å²) in [7, 11) is 0. The van der Waals surface area contributed by atoms with Crippen LogP contribution >= 0.6 is 0 Å². The summed E-state index contributed by atoms with van der Waals surface area (Å²) in [5.41, 5.74) is -0.805. The number of carbonyl (C=O) groups is 2. The van der Waals surface area contributed by atoms with E-state index in [1.54, 1.807) is 6.92 Å². The lowest BCUT2D eigenvalue weighted by Gasteiger charge is -2.25. The molecule has 0 unspecified atom stereocenters. The molecule has 0 bridgehead atoms. The molecule has 1 fully saturated rings. The molecule has 16 heavy (non-hydrogen) atoms. The van der Waals surface area contributed by atoms with Gasteiger partial charge in [0.25, 0.3) is 0 Å². The Kier molecular flexibility index (Phi) is 4.51. The molecule has 1 saturated carbocycles. The van der Waals surface area contributed by atoms with E-state index in [-0.39, 0.29) is 11.8 Å². The standard InChI is InChI=1S/C13H22O3/c1-4-16-12(15)13(7-5-6-8-13)11(14)9-10(2)3/h10H,4-9H2,1-3H3. The minimum atomic E-state index is -0.805. The molecule has 1 aliphatic carbocycles. The zero-order valence-corrected chi connectivity index (χ0v) is 10.5. The molecule has 0 saturated heterocycles. The number of Topliss-reactive ketones (excluding diaryl/α,β-unsaturated/α-hetero) is 1. The van der Waals surface area contributed by atoms with E-state index >= 15 is 0 Å². The molecule has 0 radical (unpaired) electrons. The van der Waals surface area contributed by atoms with Crippen LogP contribution in [-0.2, 0) is 14.3 Å². The van der Waals surface area contributed by atoms with E-state index in [0.29, 0.717) is 31.8 Å². The summed E-state index contributed by atoms with van der Waals surface area (Å²) in [6.07, 6.45) is 3.76. The Morgan fingerprint density at radius 1 is 1.25 bits per heavy atom. The number of carbonyl (C=O) groups excluding carboxylic acids is 2. The number of hydrogen-bond donors (Lipinski definition) is 0. The van der Waals surface area contributed by atoms with Crippen molar-refractivity contribution in [1.29, 1.82) is 0 Å². The second-order valence-corrected chi connectivity index (χ2v) is 5.03. The fraction of sp³-hybridized carbons (Fsp3) is 0.846. The molecular weight excluding hydrogens is 204 g/mol. The van der Waals surface area contributed by atoms with Crippen molar-refractivity contribution >= 4 is 11.8 Å². The Hall–Kier alpha value is -0.860. The summed E-state index contributed by atoms with van der Waals surface area (Å²) in [5.74, 6) is 0.0935. The van der Waals surface area contributed by atoms with E-state index in [1.165, 1.54) is 0 Å². The highest BCUT2D eigenvalue weighted by Gasteiger charge is 2.48. The van der Waals surface area contributed by atoms with Crippen LogP contribution in [0, 0.1) is 11.3 Å². The SMILES string of the molecule is CCOC(=O)C1(C(=O)CC(C)C)CCCC1. The van der Waals surface area contributed by atoms with Crippen molar-refractivity contribution in [3.05, 3.63) is 0 Å². The van der Waals surface area contributed by atoms with E-state index in [4.69, 9.17) is 4.74 Å². The summed E-state index contributed by atoms with van der Waals surface area (Å²) >= 11 is 0. The number of ketones is 1. The van der Waals surface area contributed by atoms with Gasteiger partial charge in [-0.1, -0.05) is 26.7 Å². The van der Waals surface area contributed by atoms with Crippen LogP contribution in [0.15, 0.2) is 0 Å². The van der Waals surface area contributed by atoms with Gasteiger partial charge in [-0.05, 0) is 25.7 Å². The summed E-state index contributed by atoms with van der Waals surface area (Å²) in [6.45, 7) is 6.15. The van der Waals surface area contributed by atoms with Gasteiger partial charge in [-0.15, -0.1) is 0 Å². The molecule has 0 amide bonds. The van der Waals surface area contributed by atoms with Crippen LogP contribution in [0.4, 0.5) is 0 Å². The molecule has 0 heterocycles. The van der Waals surface area contributed by atoms with Crippen LogP contribution in [0.3, 0.4) is 0 Å². The zero-order valence-electron chi connectivity index (χ0n) is 10.5. The van der Waals surface area contributed by atoms with Crippen molar-refractivity contribution in [2.45, 2.75) is 52.9 Å². The summed E-state index contributed by atoms with van der Waals surface area (Å²) in [5, 5.41) is 0. The Morgan fingerprint density at radius 3 is 2.25 bits per heavy atom. The van der Waals surface area contributed by atoms with Gasteiger partial charge >= 0.3 is 5.97 Å². The van der Waals surface area contributed by atoms with Crippen LogP contribution < -0.4 is 0 Å². The minimum Gasteiger partial charge on any atom is -0.465 e. The van der Waals surface area contributed by atoms with Crippen LogP contribution in [-0.4, -0.2) is 18.4 Å². The van der Waals surface area contributed by atoms with Gasteiger partial charge in [0.05, 0.1) is 6.61 Å². The van der Waals surface area contributed by atoms with Crippen molar-refractivity contribution in [3.8, 4) is 0 Å². The molecule has 1 rings (SSSR count). The average Bonchev–Trinajstić information content (AvgIpc) is 2.66. The second-order valence-electron chi connectivity index (χ2n) is 5.03. The third-order valence-electron chi connectivity index (χ3n) is 3.25. The second kappa shape index (κ2) is 5.46. The van der Waals surface area contributed by atoms with Crippen LogP contribution in [0.1, 0.15) is 52.9 Å². The molecule has 0 aliphatic heterocycles. The van der Waals surface area contributed by atoms with Gasteiger partial charge in [-0.3, -0.25) is 9.59 Å². The maximum absolute atomic E-state index is 12.2. The normalized spacial score (nSPS) is 18.8. The Morgan fingerprint density at radius 2 is 1.81 bits per heavy atom. The minimum absolute atomic E-state index is 0.0819. The first-order valence-electron chi connectivity index (χ1n) is 6.23. The van der Waals surface area contributed by atoms with Crippen molar-refractivity contribution in [1.82, 2.24) is 0 Å². The summed E-state index contributed by atoms with van der Waals surface area (Å²) < 4.78 is 5.07. The largest absolute Gasteiger partial charge is 0.465 e. The monoisotopic (exact) mass is 226 g/mol. The molecule has 3 heteroatoms. The van der Waals surface area contributed by atoms with Gasteiger partial charge in [-0.25, -0.2) is 0 Å². The molecule has 1 aliphatic rings. The fourth-order valence-electron chi connectivity index (χ4n) is 2.41. The van der Waals surface area contributed by atoms with Gasteiger partial charge in [-0.2, -0.15) is 0 Å². The molecule has 92 valence electrons. The average molecular weight is 226 g/mol. The lowest BCUT2D eigenvalue weighted by Crippen LogP contribution is -2.38. The highest BCUT2D eigenvalue weighted by atomic mass is 16.5. The third kappa shape index (κ3) is 2.63. The van der Waals surface area contributed by atoms with E-state index < -0.39 is 5.41 Å². The van der Waals surface area contributed by atoms with Gasteiger partial charge in [0, 0.05) is 6.42 Å². The molecule has 0 aromatic rings. The van der Waals surface area contributed by atoms with Crippen LogP contribution in [0.25, 0.3) is 0 Å². The van der Waals surface area contributed by atoms with Gasteiger partial charge in [0.15, 0.2) is 0 Å². The molecule has 0 atom stereocenters. The van der Waals surface area contributed by atoms with Crippen molar-refractivity contribution < 1.29 is 14.3 Å². The Labute approximate surface area is 97.5 Å². The maximum Gasteiger partial charge on any atom is 0.319 e. The summed E-state index contributed by atoms with van der Waals surface area (Å²) in [4.78, 5) is 24.1. The Balaban J connectivity index is 2.79. The highest BCUT2D eigenvalue weighted by Crippen LogP contribution is 2.41. The number of ether oxygens (including phenoxy) is 1. The molecule has 0 N–H and O–H groups in total. The van der Waals surface area contributed by atoms with Gasteiger partial charge in [0.1, 0.15) is 11.2 Å². The smallest absolute Gasteiger partial charge is 0.319 e. The first kappa shape index (κ1) is 13.2. The number of esters is 1. The first-order valence-corrected chi connectivity index (χ1v) is 6.23. The predicted molar refractivity (Wildman–Crippen MR) is 62.0 cm³/mol. The molecule has 0 aromatic carbocycles. The lowest BCUT2D eigenvalue weighted by molar-refractivity contribution is -0.160. The van der Waals surface area contributed by atoms with Gasteiger partial charge < -0.3 is 4.74 Å². The predicted octanol–water partition coefficient (Wildman–Crippen LogP) is 2.73. The topological polar surface area (TPSA) is 43.4 Å². The molecular formula is C13H22O3. The van der Waals surface area contributed by atoms with E-state index in [9.17, 15) is 9.59 Å². The van der Waals surface area contributed by atoms with Crippen molar-refractivity contribution in [2.75, 3.05) is 6.61 Å². The quantitative estimate of drug-likeness (QED) is 0.534. The molecule has 3 nitrogen and oxygen atoms in total. The van der Waals surface area contributed by atoms with E-state index in [2.05, 4.69) is 0 Å². The number of rotatable bonds is 5. The zero-order chi connectivity index (χ0) is 12.2. The maximum atomic E-state index is 12.2. The number of hydrogen-bond acceptors (Lipinski definition) is 3. The van der Waals surface area contributed by atoms with E-state index in [0.717, 1.165) is 12.8 Å². The Bertz CT molecular complexity index is 262. The third-order valence-corrected chi connectivity index (χ3v) is 3.25. The fourth-order valence-corrected chi connectivity index (χ4v) is 2.41. The molecule has 0 aromatic heterocycles.